The molecule has 4 rings (SSSR count). The number of rotatable bonds is 3. The van der Waals surface area contributed by atoms with Crippen LogP contribution in [0.2, 0.25) is 5.02 Å². The van der Waals surface area contributed by atoms with Crippen molar-refractivity contribution in [2.75, 3.05) is 7.05 Å². The lowest BCUT2D eigenvalue weighted by atomic mass is 9.64. The zero-order chi connectivity index (χ0) is 23.5. The van der Waals surface area contributed by atoms with Crippen LogP contribution in [-0.2, 0) is 10.0 Å². The third kappa shape index (κ3) is 3.21. The van der Waals surface area contributed by atoms with Gasteiger partial charge in [0.1, 0.15) is 11.1 Å². The molecular formula is C20H22ClF2N5O3S. The highest BCUT2D eigenvalue weighted by molar-refractivity contribution is 7.90. The third-order valence-corrected chi connectivity index (χ3v) is 9.28. The van der Waals surface area contributed by atoms with E-state index in [1.165, 1.54) is 19.2 Å². The predicted octanol–water partition coefficient (Wildman–Crippen LogP) is 2.84. The minimum Gasteiger partial charge on any atom is -0.348 e. The summed E-state index contributed by atoms with van der Waals surface area (Å²) in [4.78, 5) is 16.3. The van der Waals surface area contributed by atoms with E-state index in [1.807, 2.05) is 0 Å². The number of fused-ring (bicyclic) bond motifs is 1. The van der Waals surface area contributed by atoms with E-state index in [0.29, 0.717) is 19.3 Å². The number of hydrogen-bond acceptors (Lipinski definition) is 5. The number of amides is 1. The van der Waals surface area contributed by atoms with Crippen molar-refractivity contribution in [3.8, 4) is 0 Å². The predicted molar refractivity (Wildman–Crippen MR) is 115 cm³/mol. The molecular weight excluding hydrogens is 464 g/mol. The van der Waals surface area contributed by atoms with Crippen LogP contribution in [0.1, 0.15) is 43.1 Å². The summed E-state index contributed by atoms with van der Waals surface area (Å²) in [6, 6.07) is 0.962. The molecule has 1 aliphatic heterocycles. The smallest absolute Gasteiger partial charge is 0.277 e. The van der Waals surface area contributed by atoms with Gasteiger partial charge in [-0.15, -0.1) is 0 Å². The number of carbonyl (C=O) groups is 1. The molecule has 2 aliphatic carbocycles. The Balaban J connectivity index is 1.67. The number of aromatic nitrogens is 1. The van der Waals surface area contributed by atoms with E-state index in [2.05, 4.69) is 15.6 Å². The number of nitrogens with one attached hydrogen (secondary N) is 3. The second-order valence-corrected chi connectivity index (χ2v) is 11.1. The van der Waals surface area contributed by atoms with Crippen LogP contribution in [0.4, 0.5) is 8.78 Å². The van der Waals surface area contributed by atoms with Crippen molar-refractivity contribution >= 4 is 33.5 Å². The lowest BCUT2D eigenvalue weighted by molar-refractivity contribution is 0.0933. The molecule has 1 aromatic rings. The Morgan fingerprint density at radius 1 is 1.41 bits per heavy atom. The van der Waals surface area contributed by atoms with Gasteiger partial charge in [-0.2, -0.15) is 0 Å². The van der Waals surface area contributed by atoms with Gasteiger partial charge in [-0.1, -0.05) is 18.5 Å². The van der Waals surface area contributed by atoms with Crippen molar-refractivity contribution in [2.45, 2.75) is 43.4 Å². The van der Waals surface area contributed by atoms with Crippen molar-refractivity contribution in [1.82, 2.24) is 19.9 Å². The quantitative estimate of drug-likeness (QED) is 0.609. The summed E-state index contributed by atoms with van der Waals surface area (Å²) in [7, 11) is -2.58. The monoisotopic (exact) mass is 485 g/mol. The van der Waals surface area contributed by atoms with E-state index in [-0.39, 0.29) is 23.1 Å². The molecule has 1 saturated carbocycles. The summed E-state index contributed by atoms with van der Waals surface area (Å²) in [5.74, 6) is -2.62. The van der Waals surface area contributed by atoms with Gasteiger partial charge in [0.2, 0.25) is 16.0 Å². The Morgan fingerprint density at radius 3 is 2.81 bits per heavy atom. The fourth-order valence-electron chi connectivity index (χ4n) is 5.02. The molecule has 2 fully saturated rings. The molecule has 0 aromatic carbocycles. The van der Waals surface area contributed by atoms with Gasteiger partial charge in [-0.05, 0) is 37.5 Å². The van der Waals surface area contributed by atoms with E-state index in [4.69, 9.17) is 17.0 Å². The summed E-state index contributed by atoms with van der Waals surface area (Å²) >= 11 is 5.68. The lowest BCUT2D eigenvalue weighted by Crippen LogP contribution is -2.73. The van der Waals surface area contributed by atoms with Crippen LogP contribution in [0.3, 0.4) is 0 Å². The van der Waals surface area contributed by atoms with Crippen molar-refractivity contribution in [1.29, 1.82) is 5.41 Å². The topological polar surface area (TPSA) is 115 Å². The van der Waals surface area contributed by atoms with Crippen LogP contribution in [0.25, 0.3) is 0 Å². The maximum atomic E-state index is 15.4. The second-order valence-electron chi connectivity index (χ2n) is 8.49. The minimum atomic E-state index is -3.88. The molecule has 3 atom stereocenters. The molecule has 1 aromatic heterocycles. The van der Waals surface area contributed by atoms with Crippen LogP contribution in [0.15, 0.2) is 35.9 Å². The molecule has 32 heavy (non-hydrogen) atoms. The fraction of sp³-hybridized carbons (Fsp3) is 0.450. The van der Waals surface area contributed by atoms with Gasteiger partial charge in [0.05, 0.1) is 10.6 Å². The van der Waals surface area contributed by atoms with Crippen molar-refractivity contribution in [3.05, 3.63) is 52.5 Å². The Morgan fingerprint density at radius 2 is 2.12 bits per heavy atom. The number of nitrogens with zero attached hydrogens (tertiary/aromatic N) is 2. The molecule has 1 amide bonds. The fourth-order valence-corrected chi connectivity index (χ4v) is 7.26. The molecule has 1 unspecified atom stereocenters. The number of halogens is 3. The average Bonchev–Trinajstić information content (AvgIpc) is 3.16. The van der Waals surface area contributed by atoms with Gasteiger partial charge >= 0.3 is 0 Å². The van der Waals surface area contributed by atoms with Gasteiger partial charge in [0.25, 0.3) is 5.91 Å². The van der Waals surface area contributed by atoms with Crippen molar-refractivity contribution < 1.29 is 22.0 Å². The van der Waals surface area contributed by atoms with Gasteiger partial charge < -0.3 is 10.6 Å². The second kappa shape index (κ2) is 7.51. The maximum Gasteiger partial charge on any atom is 0.277 e. The Labute approximate surface area is 189 Å². The van der Waals surface area contributed by atoms with E-state index < -0.39 is 49.5 Å². The molecule has 0 radical (unpaired) electrons. The zero-order valence-corrected chi connectivity index (χ0v) is 18.9. The molecule has 3 aliphatic rings. The largest absolute Gasteiger partial charge is 0.348 e. The first kappa shape index (κ1) is 22.7. The van der Waals surface area contributed by atoms with Crippen molar-refractivity contribution in [2.24, 2.45) is 5.41 Å². The van der Waals surface area contributed by atoms with Gasteiger partial charge in [-0.3, -0.25) is 10.2 Å². The molecule has 12 heteroatoms. The summed E-state index contributed by atoms with van der Waals surface area (Å²) in [6.07, 6.45) is 4.79. The maximum absolute atomic E-state index is 15.4. The van der Waals surface area contributed by atoms with E-state index in [1.54, 1.807) is 6.92 Å². The first-order valence-corrected chi connectivity index (χ1v) is 11.8. The highest BCUT2D eigenvalue weighted by atomic mass is 35.5. The number of sulfonamides is 1. The Hall–Kier alpha value is -2.53. The highest BCUT2D eigenvalue weighted by Gasteiger charge is 2.65. The highest BCUT2D eigenvalue weighted by Crippen LogP contribution is 2.56. The number of hydrogen-bond donors (Lipinski definition) is 3. The SMILES string of the molecule is CN1C(=N)N[C@@]2(C3(C)CC(NC(=O)c4ncc(Cl)cc4F)=CC=C3F)CCC[C@H]2S1(=O)=O. The van der Waals surface area contributed by atoms with Gasteiger partial charge in [0, 0.05) is 30.8 Å². The Kier molecular flexibility index (Phi) is 5.32. The average molecular weight is 486 g/mol. The first-order valence-electron chi connectivity index (χ1n) is 9.96. The first-order chi connectivity index (χ1) is 14.9. The summed E-state index contributed by atoms with van der Waals surface area (Å²) in [5, 5.41) is 12.8. The van der Waals surface area contributed by atoms with Crippen LogP contribution < -0.4 is 10.6 Å². The molecule has 1 saturated heterocycles. The summed E-state index contributed by atoms with van der Waals surface area (Å²) in [5.41, 5.74) is -2.84. The van der Waals surface area contributed by atoms with E-state index >= 15 is 4.39 Å². The van der Waals surface area contributed by atoms with E-state index in [9.17, 15) is 17.6 Å². The normalized spacial score (nSPS) is 31.3. The number of carbonyl (C=O) groups excluding carboxylic acids is 1. The summed E-state index contributed by atoms with van der Waals surface area (Å²) < 4.78 is 56.5. The number of allylic oxidation sites excluding steroid dienone is 3. The standard InChI is InChI=1S/C20H22ClF2N5O3S/c1-19(20-7-3-4-15(20)32(30,31)28(2)18(24)27-20)9-12(5-6-14(19)23)26-17(29)16-13(22)8-11(21)10-25-16/h5-6,8,10,15H,3-4,7,9H2,1-2H3,(H2,24,27)(H,26,29)/t15-,19?,20+/m1/s1. The molecule has 0 spiro atoms. The minimum absolute atomic E-state index is 0.0388. The van der Waals surface area contributed by atoms with Crippen LogP contribution in [0.5, 0.6) is 0 Å². The third-order valence-electron chi connectivity index (χ3n) is 6.77. The molecule has 3 N–H and O–H groups in total. The van der Waals surface area contributed by atoms with Crippen LogP contribution in [0, 0.1) is 16.6 Å². The summed E-state index contributed by atoms with van der Waals surface area (Å²) in [6.45, 7) is 1.58. The van der Waals surface area contributed by atoms with Gasteiger partial charge in [-0.25, -0.2) is 26.5 Å². The Bertz CT molecular complexity index is 1190. The number of pyridine rings is 1. The van der Waals surface area contributed by atoms with Crippen LogP contribution >= 0.6 is 11.6 Å². The molecule has 8 nitrogen and oxygen atoms in total. The molecule has 172 valence electrons. The zero-order valence-electron chi connectivity index (χ0n) is 17.4. The van der Waals surface area contributed by atoms with Crippen molar-refractivity contribution in [3.63, 3.8) is 0 Å². The number of guanidine groups is 1. The lowest BCUT2D eigenvalue weighted by Gasteiger charge is -2.54. The van der Waals surface area contributed by atoms with E-state index in [0.717, 1.165) is 16.6 Å². The van der Waals surface area contributed by atoms with Crippen LogP contribution in [-0.4, -0.2) is 47.4 Å². The van der Waals surface area contributed by atoms with Gasteiger partial charge in [0.15, 0.2) is 11.5 Å². The molecule has 0 bridgehead atoms. The molecule has 2 heterocycles.